The summed E-state index contributed by atoms with van der Waals surface area (Å²) >= 11 is 1.39. The quantitative estimate of drug-likeness (QED) is 0.800. The first-order valence-corrected chi connectivity index (χ1v) is 7.18. The third kappa shape index (κ3) is 2.39. The highest BCUT2D eigenvalue weighted by molar-refractivity contribution is 7.13. The molecule has 7 heteroatoms. The zero-order valence-electron chi connectivity index (χ0n) is 10.9. The first-order chi connectivity index (χ1) is 9.78. The molecule has 0 spiro atoms. The van der Waals surface area contributed by atoms with Crippen molar-refractivity contribution in [1.82, 2.24) is 20.0 Å². The molecule has 1 atom stereocenters. The molecule has 0 radical (unpaired) electrons. The highest BCUT2D eigenvalue weighted by atomic mass is 32.1. The maximum atomic E-state index is 12.3. The van der Waals surface area contributed by atoms with Crippen LogP contribution in [-0.4, -0.2) is 25.9 Å². The lowest BCUT2D eigenvalue weighted by Crippen LogP contribution is -2.27. The van der Waals surface area contributed by atoms with Crippen LogP contribution >= 0.6 is 11.3 Å². The fraction of sp³-hybridized carbons (Fsp3) is 0.231. The van der Waals surface area contributed by atoms with Crippen LogP contribution in [0.1, 0.15) is 19.4 Å². The van der Waals surface area contributed by atoms with Gasteiger partial charge < -0.3 is 5.32 Å². The maximum Gasteiger partial charge on any atom is 0.252 e. The predicted octanol–water partition coefficient (Wildman–Crippen LogP) is 2.48. The van der Waals surface area contributed by atoms with Crippen molar-refractivity contribution in [3.05, 3.63) is 35.8 Å². The topological polar surface area (TPSA) is 72.7 Å². The molecule has 1 unspecified atom stereocenters. The largest absolute Gasteiger partial charge is 0.300 e. The van der Waals surface area contributed by atoms with E-state index >= 15 is 0 Å². The number of amides is 1. The molecule has 0 bridgehead atoms. The fourth-order valence-corrected chi connectivity index (χ4v) is 2.48. The van der Waals surface area contributed by atoms with Crippen molar-refractivity contribution in [1.29, 1.82) is 0 Å². The second kappa shape index (κ2) is 5.38. The van der Waals surface area contributed by atoms with Crippen LogP contribution in [0, 0.1) is 0 Å². The molecule has 1 aromatic carbocycles. The molecule has 0 aliphatic carbocycles. The van der Waals surface area contributed by atoms with Crippen LogP contribution < -0.4 is 5.32 Å². The van der Waals surface area contributed by atoms with Crippen LogP contribution in [0.4, 0.5) is 5.13 Å². The molecule has 1 amide bonds. The second-order valence-corrected chi connectivity index (χ2v) is 5.15. The van der Waals surface area contributed by atoms with Crippen molar-refractivity contribution in [2.24, 2.45) is 0 Å². The summed E-state index contributed by atoms with van der Waals surface area (Å²) < 4.78 is 0. The van der Waals surface area contributed by atoms with Gasteiger partial charge in [0.1, 0.15) is 11.0 Å². The van der Waals surface area contributed by atoms with E-state index in [2.05, 4.69) is 20.5 Å². The third-order valence-electron chi connectivity index (χ3n) is 2.93. The van der Waals surface area contributed by atoms with Gasteiger partial charge in [0, 0.05) is 11.6 Å². The van der Waals surface area contributed by atoms with Gasteiger partial charge in [-0.15, -0.1) is 11.3 Å². The van der Waals surface area contributed by atoms with Crippen molar-refractivity contribution in [2.45, 2.75) is 19.4 Å². The monoisotopic (exact) mass is 287 g/mol. The number of carbonyl (C=O) groups is 1. The van der Waals surface area contributed by atoms with Crippen LogP contribution in [0.15, 0.2) is 35.8 Å². The first kappa shape index (κ1) is 12.7. The van der Waals surface area contributed by atoms with Gasteiger partial charge in [-0.05, 0) is 18.6 Å². The van der Waals surface area contributed by atoms with Crippen LogP contribution in [0.3, 0.4) is 0 Å². The second-order valence-electron chi connectivity index (χ2n) is 4.26. The van der Waals surface area contributed by atoms with Gasteiger partial charge in [0.05, 0.1) is 0 Å². The zero-order valence-corrected chi connectivity index (χ0v) is 11.7. The molecule has 0 aliphatic heterocycles. The molecular formula is C13H13N5OS. The van der Waals surface area contributed by atoms with Crippen LogP contribution in [0.2, 0.25) is 0 Å². The average Bonchev–Trinajstić information content (AvgIpc) is 3.08. The zero-order chi connectivity index (χ0) is 13.9. The van der Waals surface area contributed by atoms with Crippen LogP contribution in [0.5, 0.6) is 0 Å². The lowest BCUT2D eigenvalue weighted by Gasteiger charge is -2.12. The number of nitrogens with zero attached hydrogens (tertiary/aromatic N) is 4. The number of rotatable bonds is 4. The summed E-state index contributed by atoms with van der Waals surface area (Å²) in [4.78, 5) is 17.8. The van der Waals surface area contributed by atoms with Crippen molar-refractivity contribution in [3.8, 4) is 0 Å². The van der Waals surface area contributed by atoms with Gasteiger partial charge in [-0.2, -0.15) is 15.0 Å². The molecule has 3 aromatic rings. The normalized spacial score (nSPS) is 12.4. The Morgan fingerprint density at radius 1 is 1.35 bits per heavy atom. The minimum absolute atomic E-state index is 0.150. The lowest BCUT2D eigenvalue weighted by atomic mass is 10.2. The summed E-state index contributed by atoms with van der Waals surface area (Å²) in [7, 11) is 0. The summed E-state index contributed by atoms with van der Waals surface area (Å²) in [5, 5.41) is 13.9. The van der Waals surface area contributed by atoms with E-state index in [1.165, 1.54) is 16.1 Å². The Balaban J connectivity index is 1.86. The summed E-state index contributed by atoms with van der Waals surface area (Å²) in [5.74, 6) is -0.150. The number of hydrogen-bond acceptors (Lipinski definition) is 5. The van der Waals surface area contributed by atoms with E-state index in [-0.39, 0.29) is 5.91 Å². The number of fused-ring (bicyclic) bond motifs is 1. The van der Waals surface area contributed by atoms with Gasteiger partial charge in [0.15, 0.2) is 11.2 Å². The molecule has 6 nitrogen and oxygen atoms in total. The minimum atomic E-state index is -0.439. The highest BCUT2D eigenvalue weighted by Gasteiger charge is 2.21. The van der Waals surface area contributed by atoms with Crippen molar-refractivity contribution < 1.29 is 4.79 Å². The summed E-state index contributed by atoms with van der Waals surface area (Å²) in [6.45, 7) is 1.93. The minimum Gasteiger partial charge on any atom is -0.300 e. The summed E-state index contributed by atoms with van der Waals surface area (Å²) in [5.41, 5.74) is 1.57. The lowest BCUT2D eigenvalue weighted by molar-refractivity contribution is -0.119. The van der Waals surface area contributed by atoms with E-state index < -0.39 is 6.04 Å². The molecular weight excluding hydrogens is 274 g/mol. The van der Waals surface area contributed by atoms with Gasteiger partial charge in [0.2, 0.25) is 0 Å². The standard InChI is InChI=1S/C13H13N5OS/c1-2-11(12(19)15-13-14-7-8-20-13)18-16-9-5-3-4-6-10(9)17-18/h3-8,11H,2H2,1H3,(H,14,15,19). The van der Waals surface area contributed by atoms with E-state index in [0.29, 0.717) is 11.6 Å². The fourth-order valence-electron chi connectivity index (χ4n) is 1.94. The predicted molar refractivity (Wildman–Crippen MR) is 77.6 cm³/mol. The number of thiazole rings is 1. The Labute approximate surface area is 119 Å². The number of hydrogen-bond donors (Lipinski definition) is 1. The molecule has 102 valence electrons. The molecule has 20 heavy (non-hydrogen) atoms. The third-order valence-corrected chi connectivity index (χ3v) is 3.62. The Morgan fingerprint density at radius 2 is 2.05 bits per heavy atom. The Kier molecular flexibility index (Phi) is 3.42. The summed E-state index contributed by atoms with van der Waals surface area (Å²) in [6, 6.07) is 7.12. The molecule has 0 saturated carbocycles. The van der Waals surface area contributed by atoms with Crippen molar-refractivity contribution >= 4 is 33.4 Å². The molecule has 1 N–H and O–H groups in total. The van der Waals surface area contributed by atoms with Crippen molar-refractivity contribution in [3.63, 3.8) is 0 Å². The molecule has 2 heterocycles. The Bertz CT molecular complexity index is 688. The number of benzene rings is 1. The molecule has 0 aliphatic rings. The van der Waals surface area contributed by atoms with Crippen molar-refractivity contribution in [2.75, 3.05) is 5.32 Å². The van der Waals surface area contributed by atoms with Gasteiger partial charge in [-0.3, -0.25) is 4.79 Å². The smallest absolute Gasteiger partial charge is 0.252 e. The van der Waals surface area contributed by atoms with Gasteiger partial charge in [0.25, 0.3) is 5.91 Å². The SMILES string of the molecule is CCC(C(=O)Nc1nccs1)n1nc2ccccc2n1. The average molecular weight is 287 g/mol. The van der Waals surface area contributed by atoms with E-state index in [0.717, 1.165) is 11.0 Å². The Hall–Kier alpha value is -2.28. The van der Waals surface area contributed by atoms with E-state index in [4.69, 9.17) is 0 Å². The number of anilines is 1. The maximum absolute atomic E-state index is 12.3. The Morgan fingerprint density at radius 3 is 2.60 bits per heavy atom. The molecule has 0 saturated heterocycles. The van der Waals surface area contributed by atoms with Crippen LogP contribution in [0.25, 0.3) is 11.0 Å². The van der Waals surface area contributed by atoms with Gasteiger partial charge in [-0.1, -0.05) is 19.1 Å². The molecule has 3 rings (SSSR count). The van der Waals surface area contributed by atoms with E-state index in [1.54, 1.807) is 6.20 Å². The number of nitrogens with one attached hydrogen (secondary N) is 1. The number of carbonyl (C=O) groups excluding carboxylic acids is 1. The number of aromatic nitrogens is 4. The van der Waals surface area contributed by atoms with Gasteiger partial charge in [-0.25, -0.2) is 4.98 Å². The highest BCUT2D eigenvalue weighted by Crippen LogP contribution is 2.17. The summed E-state index contributed by atoms with van der Waals surface area (Å²) in [6.07, 6.45) is 2.26. The first-order valence-electron chi connectivity index (χ1n) is 6.30. The van der Waals surface area contributed by atoms with E-state index in [1.807, 2.05) is 36.6 Å². The molecule has 0 fully saturated rings. The van der Waals surface area contributed by atoms with E-state index in [9.17, 15) is 4.79 Å². The van der Waals surface area contributed by atoms with Crippen LogP contribution in [-0.2, 0) is 4.79 Å². The molecule has 2 aromatic heterocycles. The van der Waals surface area contributed by atoms with Gasteiger partial charge >= 0.3 is 0 Å².